The summed E-state index contributed by atoms with van der Waals surface area (Å²) in [7, 11) is 2.13. The molecule has 2 amide bonds. The van der Waals surface area contributed by atoms with Crippen LogP contribution in [0.2, 0.25) is 0 Å². The monoisotopic (exact) mass is 608 g/mol. The van der Waals surface area contributed by atoms with Crippen molar-refractivity contribution in [2.45, 2.75) is 116 Å². The van der Waals surface area contributed by atoms with Crippen LogP contribution < -0.4 is 10.6 Å². The molecule has 1 aromatic rings. The van der Waals surface area contributed by atoms with Crippen LogP contribution in [0.4, 0.5) is 0 Å². The molecule has 244 valence electrons. The molecule has 44 heavy (non-hydrogen) atoms. The number of nitrogens with one attached hydrogen (secondary N) is 2. The van der Waals surface area contributed by atoms with Crippen molar-refractivity contribution in [1.82, 2.24) is 20.6 Å². The molecule has 2 heterocycles. The molecule has 0 spiro atoms. The number of fused-ring (bicyclic) bond motifs is 2. The van der Waals surface area contributed by atoms with E-state index in [-0.39, 0.29) is 35.2 Å². The van der Waals surface area contributed by atoms with Crippen molar-refractivity contribution in [1.29, 1.82) is 0 Å². The minimum absolute atomic E-state index is 0.0327. The molecule has 2 saturated heterocycles. The molecule has 7 atom stereocenters. The summed E-state index contributed by atoms with van der Waals surface area (Å²) in [5, 5.41) is 19.4. The molecule has 6 aliphatic rings. The van der Waals surface area contributed by atoms with E-state index in [1.165, 1.54) is 12.8 Å². The van der Waals surface area contributed by atoms with E-state index in [1.54, 1.807) is 12.0 Å². The Morgan fingerprint density at radius 1 is 1.09 bits per heavy atom. The maximum Gasteiger partial charge on any atom is 0.240 e. The van der Waals surface area contributed by atoms with Gasteiger partial charge in [0.2, 0.25) is 11.8 Å². The van der Waals surface area contributed by atoms with Gasteiger partial charge in [-0.3, -0.25) is 14.4 Å². The van der Waals surface area contributed by atoms with Crippen LogP contribution in [0.3, 0.4) is 0 Å². The molecule has 8 nitrogen and oxygen atoms in total. The van der Waals surface area contributed by atoms with Crippen molar-refractivity contribution in [3.8, 4) is 0 Å². The molecule has 0 aromatic heterocycles. The van der Waals surface area contributed by atoms with E-state index in [4.69, 9.17) is 4.84 Å². The first-order chi connectivity index (χ1) is 21.0. The predicted octanol–water partition coefficient (Wildman–Crippen LogP) is 4.60. The van der Waals surface area contributed by atoms with E-state index in [0.29, 0.717) is 36.3 Å². The Bertz CT molecular complexity index is 1190. The Balaban J connectivity index is 1.17. The number of carbonyl (C=O) groups is 2. The van der Waals surface area contributed by atoms with Crippen LogP contribution >= 0.6 is 0 Å². The molecular formula is C36H56N4O4. The van der Waals surface area contributed by atoms with E-state index in [9.17, 15) is 14.7 Å². The summed E-state index contributed by atoms with van der Waals surface area (Å²) in [6.45, 7) is 11.5. The Morgan fingerprint density at radius 2 is 1.82 bits per heavy atom. The highest BCUT2D eigenvalue weighted by molar-refractivity contribution is 5.82. The lowest BCUT2D eigenvalue weighted by atomic mass is 9.45. The highest BCUT2D eigenvalue weighted by Gasteiger charge is 2.57. The lowest BCUT2D eigenvalue weighted by Gasteiger charge is -2.62. The second kappa shape index (κ2) is 12.7. The topological polar surface area (TPSA) is 94.1 Å². The van der Waals surface area contributed by atoms with Crippen molar-refractivity contribution >= 4 is 11.8 Å². The number of hydrogen-bond acceptors (Lipinski definition) is 6. The second-order valence-corrected chi connectivity index (χ2v) is 15.7. The number of hydroxylamine groups is 2. The molecule has 6 fully saturated rings. The van der Waals surface area contributed by atoms with Crippen LogP contribution in [-0.4, -0.2) is 71.8 Å². The van der Waals surface area contributed by atoms with Gasteiger partial charge in [-0.15, -0.1) is 0 Å². The average Bonchev–Trinajstić information content (AvgIpc) is 3.42. The number of hydrogen-bond donors (Lipinski definition) is 3. The fraction of sp³-hybridized carbons (Fsp3) is 0.778. The highest BCUT2D eigenvalue weighted by Crippen LogP contribution is 2.61. The molecule has 2 unspecified atom stereocenters. The molecule has 2 aliphatic heterocycles. The molecule has 4 saturated carbocycles. The van der Waals surface area contributed by atoms with Gasteiger partial charge in [-0.25, -0.2) is 0 Å². The maximum absolute atomic E-state index is 13.9. The quantitative estimate of drug-likeness (QED) is 0.400. The number of likely N-dealkylation sites (tertiary alicyclic amines) is 1. The fourth-order valence-corrected chi connectivity index (χ4v) is 9.44. The summed E-state index contributed by atoms with van der Waals surface area (Å²) < 4.78 is 0. The van der Waals surface area contributed by atoms with Crippen LogP contribution in [0, 0.1) is 35.0 Å². The number of piperidine rings is 1. The number of benzene rings is 1. The lowest BCUT2D eigenvalue weighted by molar-refractivity contribution is -0.161. The normalized spacial score (nSPS) is 34.6. The zero-order valence-electron chi connectivity index (χ0n) is 27.7. The minimum Gasteiger partial charge on any atom is -0.393 e. The van der Waals surface area contributed by atoms with Crippen LogP contribution in [-0.2, 0) is 26.5 Å². The fourth-order valence-electron chi connectivity index (χ4n) is 9.44. The van der Waals surface area contributed by atoms with Gasteiger partial charge >= 0.3 is 0 Å². The standard InChI is InChI=1S/C36H56N4O4/c1-23-30-19-28(35(30,3)4)20-31(23)37-34(43)32-29(24(2)41)22-44-40(32)21-25-10-9-11-27(18-25)36(14-7-6-8-15-36)38-33(42)26-12-16-39(5)17-13-26/h9-11,18,23-24,26,28-32,41H,6-8,12-17,19-22H2,1-5H3,(H,37,43)(H,38,42)/t23?,24?,28-,29+,30+,31+,32+/m1/s1. The van der Waals surface area contributed by atoms with Crippen molar-refractivity contribution in [2.75, 3.05) is 26.7 Å². The third kappa shape index (κ3) is 6.08. The molecular weight excluding hydrogens is 552 g/mol. The van der Waals surface area contributed by atoms with Gasteiger partial charge in [0.1, 0.15) is 6.04 Å². The van der Waals surface area contributed by atoms with E-state index in [0.717, 1.165) is 69.2 Å². The van der Waals surface area contributed by atoms with Gasteiger partial charge in [-0.05, 0) is 99.9 Å². The van der Waals surface area contributed by atoms with Crippen molar-refractivity contribution in [2.24, 2.45) is 35.0 Å². The van der Waals surface area contributed by atoms with E-state index in [2.05, 4.69) is 67.6 Å². The average molecular weight is 609 g/mol. The molecule has 0 radical (unpaired) electrons. The Morgan fingerprint density at radius 3 is 2.48 bits per heavy atom. The zero-order valence-corrected chi connectivity index (χ0v) is 27.7. The van der Waals surface area contributed by atoms with Gasteiger partial charge < -0.3 is 20.6 Å². The van der Waals surface area contributed by atoms with E-state index >= 15 is 0 Å². The largest absolute Gasteiger partial charge is 0.393 e. The van der Waals surface area contributed by atoms with Gasteiger partial charge in [0, 0.05) is 17.9 Å². The SMILES string of the molecule is CC(O)[C@@H]1CON(Cc2cccc(C3(NC(=O)C4CCN(C)CC4)CCCCC3)c2)[C@@H]1C(=O)N[C@H]1C[C@H]2C[C@@H](C1C)C2(C)C. The van der Waals surface area contributed by atoms with Crippen LogP contribution in [0.15, 0.2) is 24.3 Å². The smallest absolute Gasteiger partial charge is 0.240 e. The summed E-state index contributed by atoms with van der Waals surface area (Å²) in [4.78, 5) is 35.9. The van der Waals surface area contributed by atoms with Crippen LogP contribution in [0.1, 0.15) is 96.6 Å². The number of nitrogens with zero attached hydrogens (tertiary/aromatic N) is 2. The molecule has 2 bridgehead atoms. The minimum atomic E-state index is -0.654. The molecule has 3 N–H and O–H groups in total. The van der Waals surface area contributed by atoms with Crippen LogP contribution in [0.25, 0.3) is 0 Å². The number of carbonyl (C=O) groups excluding carboxylic acids is 2. The third-order valence-corrected chi connectivity index (χ3v) is 12.7. The van der Waals surface area contributed by atoms with Gasteiger partial charge in [-0.2, -0.15) is 5.06 Å². The van der Waals surface area contributed by atoms with Gasteiger partial charge in [-0.1, -0.05) is 64.3 Å². The predicted molar refractivity (Wildman–Crippen MR) is 171 cm³/mol. The zero-order chi connectivity index (χ0) is 31.2. The van der Waals surface area contributed by atoms with Gasteiger partial charge in [0.25, 0.3) is 0 Å². The van der Waals surface area contributed by atoms with Crippen molar-refractivity contribution in [3.63, 3.8) is 0 Å². The first-order valence-corrected chi connectivity index (χ1v) is 17.5. The highest BCUT2D eigenvalue weighted by atomic mass is 16.7. The van der Waals surface area contributed by atoms with E-state index in [1.807, 2.05) is 0 Å². The number of rotatable bonds is 8. The lowest BCUT2D eigenvalue weighted by Crippen LogP contribution is -2.62. The Labute approximate surface area is 264 Å². The molecule has 4 aliphatic carbocycles. The summed E-state index contributed by atoms with van der Waals surface area (Å²) in [6, 6.07) is 8.16. The maximum atomic E-state index is 13.9. The summed E-state index contributed by atoms with van der Waals surface area (Å²) in [6.07, 6.45) is 8.76. The molecule has 1 aromatic carbocycles. The second-order valence-electron chi connectivity index (χ2n) is 15.7. The molecule has 7 rings (SSSR count). The first-order valence-electron chi connectivity index (χ1n) is 17.5. The van der Waals surface area contributed by atoms with Crippen molar-refractivity contribution in [3.05, 3.63) is 35.4 Å². The van der Waals surface area contributed by atoms with Gasteiger partial charge in [0.05, 0.1) is 24.8 Å². The Hall–Kier alpha value is -2.00. The van der Waals surface area contributed by atoms with Gasteiger partial charge in [0.15, 0.2) is 0 Å². The number of aliphatic hydroxyl groups is 1. The molecule has 8 heteroatoms. The summed E-state index contributed by atoms with van der Waals surface area (Å²) >= 11 is 0. The Kier molecular flexibility index (Phi) is 9.19. The third-order valence-electron chi connectivity index (χ3n) is 12.7. The summed E-state index contributed by atoms with van der Waals surface area (Å²) in [5.41, 5.74) is 2.21. The van der Waals surface area contributed by atoms with E-state index < -0.39 is 12.1 Å². The first kappa shape index (κ1) is 32.0. The number of amides is 2. The van der Waals surface area contributed by atoms with Crippen LogP contribution in [0.5, 0.6) is 0 Å². The number of aliphatic hydroxyl groups excluding tert-OH is 1. The van der Waals surface area contributed by atoms with Crippen molar-refractivity contribution < 1.29 is 19.5 Å². The summed E-state index contributed by atoms with van der Waals surface area (Å²) in [5.74, 6) is 1.69.